The van der Waals surface area contributed by atoms with E-state index in [1.165, 1.54) is 27.5 Å². The van der Waals surface area contributed by atoms with Crippen molar-refractivity contribution in [3.05, 3.63) is 127 Å². The lowest BCUT2D eigenvalue weighted by Gasteiger charge is -2.12. The van der Waals surface area contributed by atoms with Crippen molar-refractivity contribution in [1.82, 2.24) is 4.98 Å². The van der Waals surface area contributed by atoms with Crippen molar-refractivity contribution in [1.29, 1.82) is 0 Å². The van der Waals surface area contributed by atoms with Crippen molar-refractivity contribution in [2.75, 3.05) is 0 Å². The summed E-state index contributed by atoms with van der Waals surface area (Å²) in [6.45, 7) is 0. The summed E-state index contributed by atoms with van der Waals surface area (Å²) in [5.74, 6) is 0.639. The van der Waals surface area contributed by atoms with Gasteiger partial charge >= 0.3 is 0 Å². The van der Waals surface area contributed by atoms with E-state index in [4.69, 9.17) is 8.83 Å². The van der Waals surface area contributed by atoms with Gasteiger partial charge in [0.1, 0.15) is 16.7 Å². The second-order valence-electron chi connectivity index (χ2n) is 9.58. The molecule has 0 N–H and O–H groups in total. The zero-order valence-electron chi connectivity index (χ0n) is 20.4. The van der Waals surface area contributed by atoms with Crippen molar-refractivity contribution in [3.63, 3.8) is 0 Å². The van der Waals surface area contributed by atoms with Gasteiger partial charge in [-0.2, -0.15) is 0 Å². The molecule has 0 unspecified atom stereocenters. The lowest BCUT2D eigenvalue weighted by atomic mass is 9.91. The minimum absolute atomic E-state index is 0.639. The van der Waals surface area contributed by atoms with E-state index in [2.05, 4.69) is 96.0 Å². The van der Waals surface area contributed by atoms with Gasteiger partial charge in [-0.3, -0.25) is 0 Å². The lowest BCUT2D eigenvalue weighted by Crippen LogP contribution is -1.87. The maximum Gasteiger partial charge on any atom is 0.227 e. The summed E-state index contributed by atoms with van der Waals surface area (Å²) in [6.07, 6.45) is 0. The van der Waals surface area contributed by atoms with Gasteiger partial charge in [-0.25, -0.2) is 4.98 Å². The van der Waals surface area contributed by atoms with Crippen molar-refractivity contribution in [2.24, 2.45) is 0 Å². The molecule has 0 fully saturated rings. The fourth-order valence-corrected chi connectivity index (χ4v) is 5.48. The molecule has 3 heteroatoms. The molecule has 8 aromatic rings. The monoisotopic (exact) mass is 487 g/mol. The van der Waals surface area contributed by atoms with E-state index in [0.717, 1.165) is 44.2 Å². The Hall–Kier alpha value is -5.15. The largest absolute Gasteiger partial charge is 0.456 e. The minimum Gasteiger partial charge on any atom is -0.456 e. The maximum absolute atomic E-state index is 6.06. The Balaban J connectivity index is 1.23. The van der Waals surface area contributed by atoms with Gasteiger partial charge in [-0.05, 0) is 75.5 Å². The van der Waals surface area contributed by atoms with Crippen LogP contribution in [0.4, 0.5) is 0 Å². The zero-order chi connectivity index (χ0) is 25.1. The zero-order valence-corrected chi connectivity index (χ0v) is 20.4. The van der Waals surface area contributed by atoms with E-state index in [1.54, 1.807) is 0 Å². The van der Waals surface area contributed by atoms with Crippen LogP contribution in [0.3, 0.4) is 0 Å². The quantitative estimate of drug-likeness (QED) is 0.249. The van der Waals surface area contributed by atoms with E-state index in [-0.39, 0.29) is 0 Å². The van der Waals surface area contributed by atoms with Crippen molar-refractivity contribution in [3.8, 4) is 33.7 Å². The molecule has 0 atom stereocenters. The van der Waals surface area contributed by atoms with Crippen LogP contribution in [-0.2, 0) is 0 Å². The van der Waals surface area contributed by atoms with Gasteiger partial charge in [-0.1, -0.05) is 84.9 Å². The predicted octanol–water partition coefficient (Wildman–Crippen LogP) is 9.88. The third kappa shape index (κ3) is 3.26. The number of para-hydroxylation sites is 3. The van der Waals surface area contributed by atoms with Gasteiger partial charge in [0.05, 0.1) is 0 Å². The summed E-state index contributed by atoms with van der Waals surface area (Å²) in [7, 11) is 0. The van der Waals surface area contributed by atoms with Crippen LogP contribution in [0.25, 0.3) is 77.5 Å². The Morgan fingerprint density at radius 2 is 0.974 bits per heavy atom. The molecule has 0 aliphatic carbocycles. The molecule has 178 valence electrons. The number of hydrogen-bond acceptors (Lipinski definition) is 3. The number of nitrogens with zero attached hydrogens (tertiary/aromatic N) is 1. The van der Waals surface area contributed by atoms with Gasteiger partial charge in [-0.15, -0.1) is 0 Å². The Morgan fingerprint density at radius 3 is 1.74 bits per heavy atom. The molecule has 0 radical (unpaired) electrons. The molecule has 8 rings (SSSR count). The maximum atomic E-state index is 6.06. The average Bonchev–Trinajstić information content (AvgIpc) is 3.58. The van der Waals surface area contributed by atoms with E-state index in [9.17, 15) is 0 Å². The summed E-state index contributed by atoms with van der Waals surface area (Å²) < 4.78 is 12.0. The number of benzene rings is 6. The fraction of sp³-hybridized carbons (Fsp3) is 0. The van der Waals surface area contributed by atoms with Gasteiger partial charge < -0.3 is 8.83 Å². The molecule has 0 bridgehead atoms. The molecule has 0 saturated heterocycles. The number of hydrogen-bond donors (Lipinski definition) is 0. The predicted molar refractivity (Wildman–Crippen MR) is 155 cm³/mol. The van der Waals surface area contributed by atoms with Crippen LogP contribution in [0, 0.1) is 0 Å². The van der Waals surface area contributed by atoms with E-state index in [0.29, 0.717) is 5.89 Å². The molecule has 38 heavy (non-hydrogen) atoms. The van der Waals surface area contributed by atoms with Crippen LogP contribution in [-0.4, -0.2) is 4.98 Å². The van der Waals surface area contributed by atoms with E-state index >= 15 is 0 Å². The van der Waals surface area contributed by atoms with E-state index in [1.807, 2.05) is 36.4 Å². The first-order valence-corrected chi connectivity index (χ1v) is 12.7. The lowest BCUT2D eigenvalue weighted by molar-refractivity contribution is 0.620. The molecular weight excluding hydrogens is 466 g/mol. The van der Waals surface area contributed by atoms with Crippen LogP contribution in [0.1, 0.15) is 0 Å². The standard InChI is InChI=1S/C35H21NO2/c1-2-8-28-26(24-17-20-33-30(21-24)29-9-3-5-11-32(29)37-33)19-18-25(27(28)7-1)22-13-15-23(16-14-22)35-36-31-10-4-6-12-34(31)38-35/h1-21H. The number of aromatic nitrogens is 1. The number of furan rings is 1. The molecule has 3 nitrogen and oxygen atoms in total. The summed E-state index contributed by atoms with van der Waals surface area (Å²) in [4.78, 5) is 4.64. The topological polar surface area (TPSA) is 39.2 Å². The fourth-order valence-electron chi connectivity index (χ4n) is 5.48. The molecule has 0 aliphatic heterocycles. The normalized spacial score (nSPS) is 11.7. The van der Waals surface area contributed by atoms with Crippen LogP contribution >= 0.6 is 0 Å². The van der Waals surface area contributed by atoms with Crippen LogP contribution in [0.5, 0.6) is 0 Å². The summed E-state index contributed by atoms with van der Waals surface area (Å²) in [6, 6.07) is 44.1. The van der Waals surface area contributed by atoms with Gasteiger partial charge in [0, 0.05) is 16.3 Å². The van der Waals surface area contributed by atoms with Gasteiger partial charge in [0.15, 0.2) is 5.58 Å². The first kappa shape index (κ1) is 21.0. The van der Waals surface area contributed by atoms with Gasteiger partial charge in [0.25, 0.3) is 0 Å². The van der Waals surface area contributed by atoms with Crippen molar-refractivity contribution in [2.45, 2.75) is 0 Å². The second-order valence-corrected chi connectivity index (χ2v) is 9.58. The first-order chi connectivity index (χ1) is 18.8. The first-order valence-electron chi connectivity index (χ1n) is 12.7. The summed E-state index contributed by atoms with van der Waals surface area (Å²) in [5, 5.41) is 4.72. The summed E-state index contributed by atoms with van der Waals surface area (Å²) in [5.41, 5.74) is 9.21. The summed E-state index contributed by atoms with van der Waals surface area (Å²) >= 11 is 0. The Labute approximate surface area is 218 Å². The van der Waals surface area contributed by atoms with Crippen molar-refractivity contribution >= 4 is 43.8 Å². The molecule has 0 saturated carbocycles. The van der Waals surface area contributed by atoms with Crippen LogP contribution in [0.2, 0.25) is 0 Å². The Bertz CT molecular complexity index is 2100. The number of oxazole rings is 1. The highest BCUT2D eigenvalue weighted by Crippen LogP contribution is 2.38. The highest BCUT2D eigenvalue weighted by atomic mass is 16.3. The third-order valence-electron chi connectivity index (χ3n) is 7.35. The van der Waals surface area contributed by atoms with Gasteiger partial charge in [0.2, 0.25) is 5.89 Å². The molecular formula is C35H21NO2. The Kier molecular flexibility index (Phi) is 4.52. The molecule has 0 spiro atoms. The second kappa shape index (κ2) is 8.19. The van der Waals surface area contributed by atoms with E-state index < -0.39 is 0 Å². The number of rotatable bonds is 3. The minimum atomic E-state index is 0.639. The van der Waals surface area contributed by atoms with Crippen LogP contribution < -0.4 is 0 Å². The van der Waals surface area contributed by atoms with Crippen LogP contribution in [0.15, 0.2) is 136 Å². The molecule has 0 amide bonds. The molecule has 0 aliphatic rings. The average molecular weight is 488 g/mol. The highest BCUT2D eigenvalue weighted by Gasteiger charge is 2.13. The Morgan fingerprint density at radius 1 is 0.395 bits per heavy atom. The third-order valence-corrected chi connectivity index (χ3v) is 7.35. The molecule has 2 heterocycles. The van der Waals surface area contributed by atoms with Crippen molar-refractivity contribution < 1.29 is 8.83 Å². The smallest absolute Gasteiger partial charge is 0.227 e. The highest BCUT2D eigenvalue weighted by molar-refractivity contribution is 6.09. The SMILES string of the molecule is c1ccc2oc(-c3ccc(-c4ccc(-c5ccc6oc7ccccc7c6c5)c5ccccc45)cc3)nc2c1. The number of fused-ring (bicyclic) bond motifs is 5. The molecule has 2 aromatic heterocycles. The molecule has 6 aromatic carbocycles.